The molecule has 140 valence electrons. The van der Waals surface area contributed by atoms with Gasteiger partial charge in [0.1, 0.15) is 17.6 Å². The fourth-order valence-electron chi connectivity index (χ4n) is 2.84. The van der Waals surface area contributed by atoms with Crippen molar-refractivity contribution in [3.63, 3.8) is 0 Å². The standard InChI is InChI=1S/C20H23N5O2/c1-5-27-17-7-6-15(8-13(17)9-21)23-19(26)25-11-14-10-22-18(20(2,3)4)24-16(14)12-25/h6-8,10H,5,11-12H2,1-4H3,(H,23,26). The SMILES string of the molecule is CCOc1ccc(NC(=O)N2Cc3cnc(C(C)(C)C)nc3C2)cc1C#N. The van der Waals surface area contributed by atoms with Gasteiger partial charge in [-0.05, 0) is 25.1 Å². The van der Waals surface area contributed by atoms with Gasteiger partial charge in [-0.2, -0.15) is 5.26 Å². The summed E-state index contributed by atoms with van der Waals surface area (Å²) < 4.78 is 5.41. The number of nitrogens with zero attached hydrogens (tertiary/aromatic N) is 4. The van der Waals surface area contributed by atoms with Crippen LogP contribution < -0.4 is 10.1 Å². The van der Waals surface area contributed by atoms with E-state index in [2.05, 4.69) is 42.1 Å². The van der Waals surface area contributed by atoms with E-state index >= 15 is 0 Å². The molecular formula is C20H23N5O2. The van der Waals surface area contributed by atoms with E-state index < -0.39 is 0 Å². The van der Waals surface area contributed by atoms with E-state index in [0.717, 1.165) is 17.1 Å². The number of amides is 2. The zero-order valence-electron chi connectivity index (χ0n) is 16.0. The van der Waals surface area contributed by atoms with Crippen LogP contribution in [0.2, 0.25) is 0 Å². The summed E-state index contributed by atoms with van der Waals surface area (Å²) in [5.41, 5.74) is 2.65. The van der Waals surface area contributed by atoms with Gasteiger partial charge in [-0.25, -0.2) is 14.8 Å². The second-order valence-electron chi connectivity index (χ2n) is 7.46. The molecule has 0 spiro atoms. The molecule has 1 aromatic carbocycles. The first-order valence-electron chi connectivity index (χ1n) is 8.90. The molecule has 0 saturated heterocycles. The van der Waals surface area contributed by atoms with E-state index in [-0.39, 0.29) is 11.4 Å². The number of urea groups is 1. The van der Waals surface area contributed by atoms with Crippen LogP contribution in [-0.2, 0) is 18.5 Å². The number of hydrogen-bond donors (Lipinski definition) is 1. The van der Waals surface area contributed by atoms with Crippen LogP contribution in [0.25, 0.3) is 0 Å². The van der Waals surface area contributed by atoms with Crippen LogP contribution in [0.15, 0.2) is 24.4 Å². The average molecular weight is 365 g/mol. The first-order valence-corrected chi connectivity index (χ1v) is 8.90. The van der Waals surface area contributed by atoms with Crippen LogP contribution in [0.1, 0.15) is 50.3 Å². The van der Waals surface area contributed by atoms with E-state index in [9.17, 15) is 10.1 Å². The number of nitrogens with one attached hydrogen (secondary N) is 1. The molecule has 0 unspecified atom stereocenters. The number of rotatable bonds is 3. The molecule has 1 aliphatic rings. The van der Waals surface area contributed by atoms with Crippen molar-refractivity contribution in [3.8, 4) is 11.8 Å². The molecule has 0 bridgehead atoms. The number of anilines is 1. The van der Waals surface area contributed by atoms with Crippen molar-refractivity contribution in [3.05, 3.63) is 47.0 Å². The van der Waals surface area contributed by atoms with E-state index in [4.69, 9.17) is 4.74 Å². The lowest BCUT2D eigenvalue weighted by molar-refractivity contribution is 0.212. The molecule has 27 heavy (non-hydrogen) atoms. The maximum atomic E-state index is 12.6. The summed E-state index contributed by atoms with van der Waals surface area (Å²) in [5, 5.41) is 12.1. The molecule has 1 N–H and O–H groups in total. The van der Waals surface area contributed by atoms with E-state index in [1.165, 1.54) is 0 Å². The second kappa shape index (κ2) is 7.23. The molecule has 2 amide bonds. The number of aromatic nitrogens is 2. The number of carbonyl (C=O) groups is 1. The predicted octanol–water partition coefficient (Wildman–Crippen LogP) is 3.59. The fourth-order valence-corrected chi connectivity index (χ4v) is 2.84. The number of hydrogen-bond acceptors (Lipinski definition) is 5. The first kappa shape index (κ1) is 18.6. The monoisotopic (exact) mass is 365 g/mol. The summed E-state index contributed by atoms with van der Waals surface area (Å²) in [7, 11) is 0. The molecule has 0 radical (unpaired) electrons. The highest BCUT2D eigenvalue weighted by Gasteiger charge is 2.27. The van der Waals surface area contributed by atoms with Crippen molar-refractivity contribution in [2.45, 2.75) is 46.2 Å². The minimum atomic E-state index is -0.238. The number of carbonyl (C=O) groups excluding carboxylic acids is 1. The summed E-state index contributed by atoms with van der Waals surface area (Å²) >= 11 is 0. The summed E-state index contributed by atoms with van der Waals surface area (Å²) in [6.07, 6.45) is 1.81. The van der Waals surface area contributed by atoms with Gasteiger partial charge in [-0.15, -0.1) is 0 Å². The smallest absolute Gasteiger partial charge is 0.322 e. The molecule has 3 rings (SSSR count). The second-order valence-corrected chi connectivity index (χ2v) is 7.46. The Kier molecular flexibility index (Phi) is 5.00. The molecule has 2 heterocycles. The minimum absolute atomic E-state index is 0.138. The fraction of sp³-hybridized carbons (Fsp3) is 0.400. The zero-order valence-corrected chi connectivity index (χ0v) is 16.0. The van der Waals surface area contributed by atoms with Gasteiger partial charge in [-0.3, -0.25) is 0 Å². The molecule has 0 saturated carbocycles. The van der Waals surface area contributed by atoms with Crippen LogP contribution >= 0.6 is 0 Å². The van der Waals surface area contributed by atoms with Gasteiger partial charge in [0.15, 0.2) is 0 Å². The first-order chi connectivity index (χ1) is 12.8. The van der Waals surface area contributed by atoms with Crippen LogP contribution in [0.5, 0.6) is 5.75 Å². The number of ether oxygens (including phenoxy) is 1. The highest BCUT2D eigenvalue weighted by Crippen LogP contribution is 2.26. The number of fused-ring (bicyclic) bond motifs is 1. The molecule has 0 fully saturated rings. The van der Waals surface area contributed by atoms with E-state index in [1.54, 1.807) is 29.3 Å². The van der Waals surface area contributed by atoms with Gasteiger partial charge in [0.2, 0.25) is 0 Å². The highest BCUT2D eigenvalue weighted by molar-refractivity contribution is 5.90. The Morgan fingerprint density at radius 1 is 1.37 bits per heavy atom. The van der Waals surface area contributed by atoms with Gasteiger partial charge in [0.25, 0.3) is 0 Å². The molecule has 0 aliphatic carbocycles. The van der Waals surface area contributed by atoms with Gasteiger partial charge >= 0.3 is 6.03 Å². The molecule has 1 aliphatic heterocycles. The molecule has 7 heteroatoms. The molecular weight excluding hydrogens is 342 g/mol. The maximum Gasteiger partial charge on any atom is 0.322 e. The van der Waals surface area contributed by atoms with Crippen LogP contribution in [-0.4, -0.2) is 27.5 Å². The maximum absolute atomic E-state index is 12.6. The number of nitriles is 1. The van der Waals surface area contributed by atoms with Crippen molar-refractivity contribution in [1.29, 1.82) is 5.26 Å². The van der Waals surface area contributed by atoms with Gasteiger partial charge in [0.05, 0.1) is 31.0 Å². The van der Waals surface area contributed by atoms with Gasteiger partial charge < -0.3 is 15.0 Å². The summed E-state index contributed by atoms with van der Waals surface area (Å²) in [6, 6.07) is 6.89. The molecule has 1 aromatic heterocycles. The van der Waals surface area contributed by atoms with E-state index in [0.29, 0.717) is 36.7 Å². The van der Waals surface area contributed by atoms with Crippen molar-refractivity contribution in [2.75, 3.05) is 11.9 Å². The Morgan fingerprint density at radius 2 is 2.15 bits per heavy atom. The lowest BCUT2D eigenvalue weighted by atomic mass is 9.95. The van der Waals surface area contributed by atoms with Crippen LogP contribution in [0.4, 0.5) is 10.5 Å². The Balaban J connectivity index is 1.72. The van der Waals surface area contributed by atoms with Gasteiger partial charge in [-0.1, -0.05) is 20.8 Å². The van der Waals surface area contributed by atoms with E-state index in [1.807, 2.05) is 6.92 Å². The predicted molar refractivity (Wildman–Crippen MR) is 101 cm³/mol. The number of benzene rings is 1. The van der Waals surface area contributed by atoms with Gasteiger partial charge in [0, 0.05) is 22.9 Å². The Hall–Kier alpha value is -3.14. The molecule has 7 nitrogen and oxygen atoms in total. The summed E-state index contributed by atoms with van der Waals surface area (Å²) in [6.45, 7) is 9.43. The largest absolute Gasteiger partial charge is 0.492 e. The highest BCUT2D eigenvalue weighted by atomic mass is 16.5. The van der Waals surface area contributed by atoms with Crippen molar-refractivity contribution >= 4 is 11.7 Å². The Morgan fingerprint density at radius 3 is 2.81 bits per heavy atom. The van der Waals surface area contributed by atoms with Crippen molar-refractivity contribution < 1.29 is 9.53 Å². The third-order valence-electron chi connectivity index (χ3n) is 4.27. The van der Waals surface area contributed by atoms with Crippen LogP contribution in [0, 0.1) is 11.3 Å². The van der Waals surface area contributed by atoms with Crippen molar-refractivity contribution in [2.24, 2.45) is 0 Å². The third-order valence-corrected chi connectivity index (χ3v) is 4.27. The molecule has 0 atom stereocenters. The lowest BCUT2D eigenvalue weighted by Crippen LogP contribution is -2.30. The minimum Gasteiger partial charge on any atom is -0.492 e. The topological polar surface area (TPSA) is 91.1 Å². The summed E-state index contributed by atoms with van der Waals surface area (Å²) in [5.74, 6) is 1.28. The Bertz CT molecular complexity index is 912. The van der Waals surface area contributed by atoms with Crippen molar-refractivity contribution in [1.82, 2.24) is 14.9 Å². The average Bonchev–Trinajstić information content (AvgIpc) is 3.06. The zero-order chi connectivity index (χ0) is 19.6. The summed E-state index contributed by atoms with van der Waals surface area (Å²) in [4.78, 5) is 23.4. The lowest BCUT2D eigenvalue weighted by Gasteiger charge is -2.17. The quantitative estimate of drug-likeness (QED) is 0.897. The molecule has 2 aromatic rings. The normalized spacial score (nSPS) is 13.1. The third kappa shape index (κ3) is 4.00. The van der Waals surface area contributed by atoms with Crippen LogP contribution in [0.3, 0.4) is 0 Å². The Labute approximate surface area is 159 Å².